The number of Topliss-reactive ketones (excluding diaryl/α,β-unsaturated/α-hetero) is 1. The van der Waals surface area contributed by atoms with Crippen LogP contribution in [0.15, 0.2) is 18.2 Å². The van der Waals surface area contributed by atoms with Crippen LogP contribution >= 0.6 is 11.3 Å². The molecule has 0 saturated carbocycles. The van der Waals surface area contributed by atoms with Gasteiger partial charge in [0.25, 0.3) is 0 Å². The molecule has 1 aromatic carbocycles. The van der Waals surface area contributed by atoms with Gasteiger partial charge in [-0.3, -0.25) is 4.79 Å². The fourth-order valence-electron chi connectivity index (χ4n) is 2.07. The Labute approximate surface area is 128 Å². The lowest BCUT2D eigenvalue weighted by atomic mass is 10.2. The van der Waals surface area contributed by atoms with Crippen molar-refractivity contribution in [2.75, 3.05) is 13.7 Å². The Morgan fingerprint density at radius 2 is 2.05 bits per heavy atom. The molecule has 0 aliphatic heterocycles. The molecular weight excluding hydrogens is 286 g/mol. The molecule has 21 heavy (non-hydrogen) atoms. The van der Waals surface area contributed by atoms with Gasteiger partial charge in [0.1, 0.15) is 5.01 Å². The normalized spacial score (nSPS) is 10.5. The van der Waals surface area contributed by atoms with Crippen LogP contribution < -0.4 is 9.47 Å². The van der Waals surface area contributed by atoms with Gasteiger partial charge in [-0.15, -0.1) is 11.3 Å². The number of rotatable bonds is 6. The Morgan fingerprint density at radius 3 is 2.57 bits per heavy atom. The zero-order chi connectivity index (χ0) is 15.4. The van der Waals surface area contributed by atoms with Gasteiger partial charge in [-0.05, 0) is 31.5 Å². The number of thiazole rings is 1. The third-order valence-electron chi connectivity index (χ3n) is 3.06. The molecule has 0 spiro atoms. The number of carbonyl (C=O) groups is 1. The average molecular weight is 305 g/mol. The molecule has 0 radical (unpaired) electrons. The predicted octanol–water partition coefficient (Wildman–Crippen LogP) is 3.98. The van der Waals surface area contributed by atoms with Gasteiger partial charge in [-0.2, -0.15) is 0 Å². The van der Waals surface area contributed by atoms with E-state index >= 15 is 0 Å². The minimum atomic E-state index is 0.0640. The highest BCUT2D eigenvalue weighted by molar-refractivity contribution is 7.17. The molecule has 0 amide bonds. The molecule has 0 N–H and O–H groups in total. The lowest BCUT2D eigenvalue weighted by Gasteiger charge is -2.10. The summed E-state index contributed by atoms with van der Waals surface area (Å²) >= 11 is 1.43. The minimum absolute atomic E-state index is 0.0640. The van der Waals surface area contributed by atoms with Crippen LogP contribution in [0.5, 0.6) is 11.5 Å². The summed E-state index contributed by atoms with van der Waals surface area (Å²) in [6, 6.07) is 5.70. The maximum Gasteiger partial charge on any atom is 0.171 e. The average Bonchev–Trinajstić information content (AvgIpc) is 2.92. The van der Waals surface area contributed by atoms with E-state index in [0.717, 1.165) is 27.6 Å². The molecule has 112 valence electrons. The number of carbonyl (C=O) groups excluding carboxylic acids is 1. The van der Waals surface area contributed by atoms with Crippen LogP contribution in [0.4, 0.5) is 0 Å². The first-order chi connectivity index (χ1) is 10.1. The second-order valence-corrected chi connectivity index (χ2v) is 5.50. The molecule has 2 rings (SSSR count). The summed E-state index contributed by atoms with van der Waals surface area (Å²) in [5.41, 5.74) is 1.79. The number of ether oxygens (including phenoxy) is 2. The van der Waals surface area contributed by atoms with Crippen LogP contribution in [0.25, 0.3) is 10.6 Å². The van der Waals surface area contributed by atoms with E-state index in [1.54, 1.807) is 14.0 Å². The monoisotopic (exact) mass is 305 g/mol. The van der Waals surface area contributed by atoms with Crippen molar-refractivity contribution in [2.45, 2.75) is 27.2 Å². The van der Waals surface area contributed by atoms with E-state index < -0.39 is 0 Å². The standard InChI is InChI=1S/C16H19NO3S/c1-5-12-15(10(3)18)21-16(17-12)11-7-8-13(19-4)14(9-11)20-6-2/h7-9H,5-6H2,1-4H3. The second kappa shape index (κ2) is 6.72. The van der Waals surface area contributed by atoms with Crippen molar-refractivity contribution in [3.05, 3.63) is 28.8 Å². The number of benzene rings is 1. The van der Waals surface area contributed by atoms with Crippen LogP contribution in [0.1, 0.15) is 36.1 Å². The van der Waals surface area contributed by atoms with Gasteiger partial charge in [0, 0.05) is 12.5 Å². The van der Waals surface area contributed by atoms with Crippen molar-refractivity contribution < 1.29 is 14.3 Å². The van der Waals surface area contributed by atoms with Gasteiger partial charge in [0.15, 0.2) is 17.3 Å². The summed E-state index contributed by atoms with van der Waals surface area (Å²) in [6.07, 6.45) is 0.750. The number of methoxy groups -OCH3 is 1. The highest BCUT2D eigenvalue weighted by Crippen LogP contribution is 2.35. The highest BCUT2D eigenvalue weighted by atomic mass is 32.1. The SMILES string of the molecule is CCOc1cc(-c2nc(CC)c(C(C)=O)s2)ccc1OC. The smallest absolute Gasteiger partial charge is 0.171 e. The van der Waals surface area contributed by atoms with Crippen molar-refractivity contribution in [3.8, 4) is 22.1 Å². The maximum absolute atomic E-state index is 11.7. The van der Waals surface area contributed by atoms with E-state index in [-0.39, 0.29) is 5.78 Å². The van der Waals surface area contributed by atoms with E-state index in [4.69, 9.17) is 9.47 Å². The van der Waals surface area contributed by atoms with Crippen LogP contribution in [-0.4, -0.2) is 24.5 Å². The van der Waals surface area contributed by atoms with Gasteiger partial charge >= 0.3 is 0 Å². The van der Waals surface area contributed by atoms with Crippen molar-refractivity contribution in [1.29, 1.82) is 0 Å². The van der Waals surface area contributed by atoms with Crippen molar-refractivity contribution in [1.82, 2.24) is 4.98 Å². The second-order valence-electron chi connectivity index (χ2n) is 4.50. The molecule has 0 saturated heterocycles. The van der Waals surface area contributed by atoms with Gasteiger partial charge in [-0.25, -0.2) is 4.98 Å². The van der Waals surface area contributed by atoms with Crippen LogP contribution in [0.3, 0.4) is 0 Å². The van der Waals surface area contributed by atoms with E-state index in [2.05, 4.69) is 4.98 Å². The fraction of sp³-hybridized carbons (Fsp3) is 0.375. The Hall–Kier alpha value is -1.88. The summed E-state index contributed by atoms with van der Waals surface area (Å²) in [5.74, 6) is 1.45. The predicted molar refractivity (Wildman–Crippen MR) is 84.7 cm³/mol. The highest BCUT2D eigenvalue weighted by Gasteiger charge is 2.16. The fourth-order valence-corrected chi connectivity index (χ4v) is 3.11. The van der Waals surface area contributed by atoms with Crippen molar-refractivity contribution in [3.63, 3.8) is 0 Å². The molecule has 5 heteroatoms. The first-order valence-electron chi connectivity index (χ1n) is 6.92. The Morgan fingerprint density at radius 1 is 1.29 bits per heavy atom. The largest absolute Gasteiger partial charge is 0.493 e. The van der Waals surface area contributed by atoms with E-state index in [0.29, 0.717) is 18.1 Å². The number of aryl methyl sites for hydroxylation is 1. The summed E-state index contributed by atoms with van der Waals surface area (Å²) in [5, 5.41) is 0.834. The summed E-state index contributed by atoms with van der Waals surface area (Å²) in [6.45, 7) is 6.08. The first-order valence-corrected chi connectivity index (χ1v) is 7.74. The molecule has 0 fully saturated rings. The van der Waals surface area contributed by atoms with Crippen LogP contribution in [-0.2, 0) is 6.42 Å². The van der Waals surface area contributed by atoms with Crippen LogP contribution in [0.2, 0.25) is 0 Å². The first kappa shape index (κ1) is 15.5. The zero-order valence-corrected chi connectivity index (χ0v) is 13.5. The molecular formula is C16H19NO3S. The number of ketones is 1. The molecule has 1 aromatic heterocycles. The van der Waals surface area contributed by atoms with E-state index in [1.165, 1.54) is 11.3 Å². The lowest BCUT2D eigenvalue weighted by molar-refractivity contribution is 0.102. The molecule has 4 nitrogen and oxygen atoms in total. The lowest BCUT2D eigenvalue weighted by Crippen LogP contribution is -1.95. The number of hydrogen-bond acceptors (Lipinski definition) is 5. The summed E-state index contributed by atoms with van der Waals surface area (Å²) in [7, 11) is 1.62. The zero-order valence-electron chi connectivity index (χ0n) is 12.7. The molecule has 2 aromatic rings. The van der Waals surface area contributed by atoms with Gasteiger partial charge in [0.05, 0.1) is 24.3 Å². The van der Waals surface area contributed by atoms with Gasteiger partial charge in [0.2, 0.25) is 0 Å². The Bertz CT molecular complexity index is 649. The van der Waals surface area contributed by atoms with Gasteiger partial charge in [-0.1, -0.05) is 6.92 Å². The molecule has 0 aliphatic carbocycles. The Balaban J connectivity index is 2.46. The molecule has 0 bridgehead atoms. The van der Waals surface area contributed by atoms with Gasteiger partial charge < -0.3 is 9.47 Å². The molecule has 0 atom stereocenters. The number of nitrogens with zero attached hydrogens (tertiary/aromatic N) is 1. The summed E-state index contributed by atoms with van der Waals surface area (Å²) in [4.78, 5) is 17.0. The quantitative estimate of drug-likeness (QED) is 0.757. The maximum atomic E-state index is 11.7. The van der Waals surface area contributed by atoms with E-state index in [1.807, 2.05) is 32.0 Å². The number of aromatic nitrogens is 1. The summed E-state index contributed by atoms with van der Waals surface area (Å²) < 4.78 is 10.9. The van der Waals surface area contributed by atoms with Crippen molar-refractivity contribution in [2.24, 2.45) is 0 Å². The topological polar surface area (TPSA) is 48.4 Å². The third-order valence-corrected chi connectivity index (χ3v) is 4.31. The molecule has 0 unspecified atom stereocenters. The molecule has 0 aliphatic rings. The van der Waals surface area contributed by atoms with Crippen molar-refractivity contribution >= 4 is 17.1 Å². The number of hydrogen-bond donors (Lipinski definition) is 0. The third kappa shape index (κ3) is 3.24. The van der Waals surface area contributed by atoms with Crippen LogP contribution in [0, 0.1) is 0 Å². The minimum Gasteiger partial charge on any atom is -0.493 e. The Kier molecular flexibility index (Phi) is 4.96. The molecule has 1 heterocycles. The van der Waals surface area contributed by atoms with E-state index in [9.17, 15) is 4.79 Å².